The molecule has 2 heterocycles. The zero-order valence-corrected chi connectivity index (χ0v) is 21.4. The first-order chi connectivity index (χ1) is 13.4. The van der Waals surface area contributed by atoms with Crippen LogP contribution in [-0.4, -0.2) is 63.7 Å². The standard InChI is InChI=1S/C19H34N6O4.HI/c1-9-20-16(22-11-15-23-13(3)24-29-15)21-10-14-12(2)27-19(7,8)25(14)17(26)28-18(4,5)6;/h12,14H,9-11H2,1-8H3,(H2,20,21,22);1H. The minimum Gasteiger partial charge on any atom is -0.444 e. The van der Waals surface area contributed by atoms with Crippen LogP contribution in [0.3, 0.4) is 0 Å². The number of nitrogens with one attached hydrogen (secondary N) is 2. The number of carbonyl (C=O) groups is 1. The summed E-state index contributed by atoms with van der Waals surface area (Å²) in [4.78, 5) is 23.1. The third-order valence-corrected chi connectivity index (χ3v) is 4.28. The van der Waals surface area contributed by atoms with Crippen molar-refractivity contribution < 1.29 is 18.8 Å². The minimum absolute atomic E-state index is 0. The molecule has 0 spiro atoms. The van der Waals surface area contributed by atoms with Gasteiger partial charge in [-0.2, -0.15) is 4.98 Å². The van der Waals surface area contributed by atoms with Gasteiger partial charge in [0.2, 0.25) is 5.89 Å². The van der Waals surface area contributed by atoms with Gasteiger partial charge in [-0.3, -0.25) is 4.90 Å². The van der Waals surface area contributed by atoms with Crippen LogP contribution < -0.4 is 10.6 Å². The Kier molecular flexibility index (Phi) is 9.33. The molecule has 1 saturated heterocycles. The average molecular weight is 538 g/mol. The van der Waals surface area contributed by atoms with Gasteiger partial charge < -0.3 is 24.6 Å². The molecular weight excluding hydrogens is 503 g/mol. The maximum Gasteiger partial charge on any atom is 0.412 e. The Bertz CT molecular complexity index is 731. The van der Waals surface area contributed by atoms with Gasteiger partial charge in [-0.25, -0.2) is 9.79 Å². The number of aryl methyl sites for hydroxylation is 1. The molecule has 11 heteroatoms. The maximum atomic E-state index is 12.8. The average Bonchev–Trinajstić information content (AvgIpc) is 3.08. The second-order valence-electron chi connectivity index (χ2n) is 8.50. The Morgan fingerprint density at radius 2 is 2.00 bits per heavy atom. The van der Waals surface area contributed by atoms with Crippen molar-refractivity contribution in [1.82, 2.24) is 25.7 Å². The molecular formula is C19H35IN6O4. The fourth-order valence-electron chi connectivity index (χ4n) is 3.22. The van der Waals surface area contributed by atoms with Gasteiger partial charge >= 0.3 is 6.09 Å². The number of halogens is 1. The van der Waals surface area contributed by atoms with Gasteiger partial charge in [0.15, 0.2) is 11.8 Å². The summed E-state index contributed by atoms with van der Waals surface area (Å²) in [6, 6.07) is -0.227. The van der Waals surface area contributed by atoms with Gasteiger partial charge in [-0.15, -0.1) is 24.0 Å². The highest BCUT2D eigenvalue weighted by atomic mass is 127. The Morgan fingerprint density at radius 1 is 1.33 bits per heavy atom. The second-order valence-corrected chi connectivity index (χ2v) is 8.50. The van der Waals surface area contributed by atoms with Gasteiger partial charge in [0.05, 0.1) is 12.1 Å². The molecule has 1 aromatic heterocycles. The number of hydrogen-bond donors (Lipinski definition) is 2. The second kappa shape index (κ2) is 10.6. The van der Waals surface area contributed by atoms with Crippen LogP contribution in [0.1, 0.15) is 60.2 Å². The fraction of sp³-hybridized carbons (Fsp3) is 0.789. The first kappa shape index (κ1) is 26.4. The predicted octanol–water partition coefficient (Wildman–Crippen LogP) is 2.81. The number of nitrogens with zero attached hydrogens (tertiary/aromatic N) is 4. The summed E-state index contributed by atoms with van der Waals surface area (Å²) in [5.41, 5.74) is -1.36. The summed E-state index contributed by atoms with van der Waals surface area (Å²) >= 11 is 0. The molecule has 172 valence electrons. The number of ether oxygens (including phenoxy) is 2. The fourth-order valence-corrected chi connectivity index (χ4v) is 3.22. The van der Waals surface area contributed by atoms with Crippen LogP contribution >= 0.6 is 24.0 Å². The highest BCUT2D eigenvalue weighted by Gasteiger charge is 2.49. The van der Waals surface area contributed by atoms with E-state index in [0.717, 1.165) is 0 Å². The SMILES string of the molecule is CCNC(=NCc1nc(C)no1)NCC1C(C)OC(C)(C)N1C(=O)OC(C)(C)C.I. The molecule has 1 amide bonds. The monoisotopic (exact) mass is 538 g/mol. The number of guanidine groups is 1. The van der Waals surface area contributed by atoms with Crippen LogP contribution in [0.15, 0.2) is 9.52 Å². The van der Waals surface area contributed by atoms with E-state index >= 15 is 0 Å². The van der Waals surface area contributed by atoms with Crippen LogP contribution in [0.25, 0.3) is 0 Å². The van der Waals surface area contributed by atoms with Crippen molar-refractivity contribution in [3.8, 4) is 0 Å². The molecule has 1 aromatic rings. The van der Waals surface area contributed by atoms with E-state index in [0.29, 0.717) is 30.8 Å². The van der Waals surface area contributed by atoms with Crippen molar-refractivity contribution in [3.05, 3.63) is 11.7 Å². The van der Waals surface area contributed by atoms with Gasteiger partial charge in [-0.05, 0) is 55.4 Å². The summed E-state index contributed by atoms with van der Waals surface area (Å²) in [5.74, 6) is 1.60. The molecule has 2 N–H and O–H groups in total. The Hall–Kier alpha value is -1.63. The molecule has 0 saturated carbocycles. The van der Waals surface area contributed by atoms with E-state index in [1.165, 1.54) is 0 Å². The van der Waals surface area contributed by atoms with E-state index in [1.807, 2.05) is 48.5 Å². The molecule has 2 rings (SSSR count). The van der Waals surface area contributed by atoms with Crippen molar-refractivity contribution in [1.29, 1.82) is 0 Å². The lowest BCUT2D eigenvalue weighted by atomic mass is 10.1. The van der Waals surface area contributed by atoms with E-state index in [2.05, 4.69) is 25.8 Å². The first-order valence-corrected chi connectivity index (χ1v) is 9.94. The molecule has 0 aromatic carbocycles. The number of amides is 1. The smallest absolute Gasteiger partial charge is 0.412 e. The van der Waals surface area contributed by atoms with Gasteiger partial charge in [0.25, 0.3) is 0 Å². The van der Waals surface area contributed by atoms with Gasteiger partial charge in [-0.1, -0.05) is 5.16 Å². The quantitative estimate of drug-likeness (QED) is 0.334. The number of aromatic nitrogens is 2. The van der Waals surface area contributed by atoms with Crippen LogP contribution in [0.2, 0.25) is 0 Å². The Labute approximate surface area is 195 Å². The van der Waals surface area contributed by atoms with E-state index < -0.39 is 17.4 Å². The van der Waals surface area contributed by atoms with E-state index in [9.17, 15) is 4.79 Å². The van der Waals surface area contributed by atoms with Crippen molar-refractivity contribution in [2.45, 2.75) is 85.4 Å². The van der Waals surface area contributed by atoms with Crippen molar-refractivity contribution in [3.63, 3.8) is 0 Å². The Balaban J connectivity index is 0.00000450. The van der Waals surface area contributed by atoms with E-state index in [-0.39, 0.29) is 42.7 Å². The van der Waals surface area contributed by atoms with Crippen molar-refractivity contribution >= 4 is 36.0 Å². The zero-order valence-electron chi connectivity index (χ0n) is 19.1. The summed E-state index contributed by atoms with van der Waals surface area (Å²) in [6.07, 6.45) is -0.576. The summed E-state index contributed by atoms with van der Waals surface area (Å²) < 4.78 is 16.7. The minimum atomic E-state index is -0.773. The van der Waals surface area contributed by atoms with Crippen LogP contribution in [0, 0.1) is 6.92 Å². The van der Waals surface area contributed by atoms with E-state index in [4.69, 9.17) is 14.0 Å². The molecule has 2 atom stereocenters. The highest BCUT2D eigenvalue weighted by Crippen LogP contribution is 2.33. The Morgan fingerprint density at radius 3 is 2.53 bits per heavy atom. The lowest BCUT2D eigenvalue weighted by molar-refractivity contribution is -0.0755. The molecule has 0 bridgehead atoms. The first-order valence-electron chi connectivity index (χ1n) is 9.94. The summed E-state index contributed by atoms with van der Waals surface area (Å²) in [6.45, 7) is 16.3. The highest BCUT2D eigenvalue weighted by molar-refractivity contribution is 14.0. The number of aliphatic imine (C=N–C) groups is 1. The lowest BCUT2D eigenvalue weighted by Gasteiger charge is -2.35. The van der Waals surface area contributed by atoms with Crippen LogP contribution in [-0.2, 0) is 16.0 Å². The summed E-state index contributed by atoms with van der Waals surface area (Å²) in [7, 11) is 0. The third-order valence-electron chi connectivity index (χ3n) is 4.28. The predicted molar refractivity (Wildman–Crippen MR) is 124 cm³/mol. The van der Waals surface area contributed by atoms with Crippen molar-refractivity contribution in [2.75, 3.05) is 13.1 Å². The molecule has 1 fully saturated rings. The molecule has 30 heavy (non-hydrogen) atoms. The molecule has 10 nitrogen and oxygen atoms in total. The molecule has 2 unspecified atom stereocenters. The van der Waals surface area contributed by atoms with Crippen LogP contribution in [0.4, 0.5) is 4.79 Å². The molecule has 0 radical (unpaired) electrons. The van der Waals surface area contributed by atoms with Gasteiger partial charge in [0, 0.05) is 13.1 Å². The lowest BCUT2D eigenvalue weighted by Crippen LogP contribution is -2.54. The number of hydrogen-bond acceptors (Lipinski definition) is 7. The molecule has 1 aliphatic heterocycles. The van der Waals surface area contributed by atoms with Crippen molar-refractivity contribution in [2.24, 2.45) is 4.99 Å². The summed E-state index contributed by atoms with van der Waals surface area (Å²) in [5, 5.41) is 10.2. The topological polar surface area (TPSA) is 114 Å². The molecule has 1 aliphatic rings. The maximum absolute atomic E-state index is 12.8. The largest absolute Gasteiger partial charge is 0.444 e. The number of rotatable bonds is 5. The normalized spacial score (nSPS) is 21.2. The zero-order chi connectivity index (χ0) is 21.8. The molecule has 0 aliphatic carbocycles. The van der Waals surface area contributed by atoms with Gasteiger partial charge in [0.1, 0.15) is 17.9 Å². The number of carbonyl (C=O) groups excluding carboxylic acids is 1. The third kappa shape index (κ3) is 7.25. The van der Waals surface area contributed by atoms with E-state index in [1.54, 1.807) is 11.8 Å². The van der Waals surface area contributed by atoms with Crippen LogP contribution in [0.5, 0.6) is 0 Å².